The van der Waals surface area contributed by atoms with Crippen molar-refractivity contribution in [2.24, 2.45) is 5.11 Å². The zero-order chi connectivity index (χ0) is 30.0. The number of aromatic nitrogens is 2. The second-order valence-electron chi connectivity index (χ2n) is 9.74. The Morgan fingerprint density at radius 3 is 2.34 bits per heavy atom. The number of ether oxygens (including phenoxy) is 1. The summed E-state index contributed by atoms with van der Waals surface area (Å²) in [5.74, 6) is -0.0323. The first-order valence-corrected chi connectivity index (χ1v) is 14.0. The monoisotopic (exact) mass is 590 g/mol. The third-order valence-electron chi connectivity index (χ3n) is 7.17. The molecule has 41 heavy (non-hydrogen) atoms. The fraction of sp³-hybridized carbons (Fsp3) is 0.385. The number of azide groups is 1. The van der Waals surface area contributed by atoms with Crippen molar-refractivity contribution < 1.29 is 26.3 Å². The van der Waals surface area contributed by atoms with Crippen LogP contribution in [0.25, 0.3) is 10.4 Å². The van der Waals surface area contributed by atoms with Gasteiger partial charge in [-0.2, -0.15) is 21.6 Å². The molecule has 11 nitrogen and oxygen atoms in total. The lowest BCUT2D eigenvalue weighted by atomic mass is 9.96. The number of anilines is 2. The Morgan fingerprint density at radius 2 is 1.76 bits per heavy atom. The lowest BCUT2D eigenvalue weighted by molar-refractivity contribution is -0.0869. The van der Waals surface area contributed by atoms with Crippen molar-refractivity contribution in [1.82, 2.24) is 14.9 Å². The van der Waals surface area contributed by atoms with Gasteiger partial charge in [0.25, 0.3) is 0 Å². The number of benzene rings is 2. The van der Waals surface area contributed by atoms with Crippen molar-refractivity contribution in [1.29, 1.82) is 0 Å². The number of para-hydroxylation sites is 1. The van der Waals surface area contributed by atoms with Gasteiger partial charge in [0.1, 0.15) is 17.9 Å². The molecule has 0 saturated heterocycles. The average Bonchev–Trinajstić information content (AvgIpc) is 2.94. The van der Waals surface area contributed by atoms with E-state index in [1.54, 1.807) is 68.1 Å². The van der Waals surface area contributed by atoms with E-state index in [4.69, 9.17) is 4.74 Å². The largest absolute Gasteiger partial charge is 0.516 e. The fourth-order valence-electron chi connectivity index (χ4n) is 4.80. The van der Waals surface area contributed by atoms with Gasteiger partial charge in [-0.15, -0.1) is 0 Å². The molecule has 15 heteroatoms. The van der Waals surface area contributed by atoms with E-state index in [9.17, 15) is 27.1 Å². The third-order valence-corrected chi connectivity index (χ3v) is 8.65. The summed E-state index contributed by atoms with van der Waals surface area (Å²) in [6, 6.07) is 15.8. The van der Waals surface area contributed by atoms with E-state index in [0.29, 0.717) is 12.3 Å². The molecule has 3 atom stereocenters. The predicted molar refractivity (Wildman–Crippen MR) is 147 cm³/mol. The molecular weight excluding hydrogens is 561 g/mol. The Bertz CT molecular complexity index is 1520. The molecule has 0 radical (unpaired) electrons. The van der Waals surface area contributed by atoms with Gasteiger partial charge in [-0.3, -0.25) is 4.90 Å². The van der Waals surface area contributed by atoms with Gasteiger partial charge in [-0.1, -0.05) is 53.6 Å². The van der Waals surface area contributed by atoms with E-state index in [2.05, 4.69) is 20.0 Å². The number of hydrogen-bond donors (Lipinski definition) is 0. The van der Waals surface area contributed by atoms with E-state index >= 15 is 0 Å². The van der Waals surface area contributed by atoms with E-state index in [-0.39, 0.29) is 15.7 Å². The van der Waals surface area contributed by atoms with Crippen molar-refractivity contribution in [2.45, 2.75) is 43.7 Å². The zero-order valence-electron chi connectivity index (χ0n) is 22.8. The molecule has 2 heterocycles. The van der Waals surface area contributed by atoms with Gasteiger partial charge in [-0.25, -0.2) is 14.3 Å². The lowest BCUT2D eigenvalue weighted by Gasteiger charge is -2.48. The third kappa shape index (κ3) is 5.73. The molecule has 0 fully saturated rings. The summed E-state index contributed by atoms with van der Waals surface area (Å²) in [5, 5.41) is 3.68. The standard InChI is InChI=1S/C26H29F3N8O3S/c1-18-21(33-34-30)16-37(41(38,39)26(27,28)29)24-22(25(2,36(18)4)40-20-13-9-6-10-14-20)23(31-17-32-24)35(3)15-19-11-7-5-8-12-19/h5-14,17-18,21H,15-16H2,1-4H3/t18-,21+,25-/m1/s1. The van der Waals surface area contributed by atoms with Gasteiger partial charge in [0.15, 0.2) is 11.5 Å². The van der Waals surface area contributed by atoms with Crippen molar-refractivity contribution in [3.63, 3.8) is 0 Å². The van der Waals surface area contributed by atoms with Gasteiger partial charge >= 0.3 is 15.5 Å². The smallest absolute Gasteiger partial charge is 0.468 e. The summed E-state index contributed by atoms with van der Waals surface area (Å²) in [6.45, 7) is 2.69. The summed E-state index contributed by atoms with van der Waals surface area (Å²) in [6.07, 6.45) is 1.01. The molecular formula is C26H29F3N8O3S. The highest BCUT2D eigenvalue weighted by Crippen LogP contribution is 2.45. The van der Waals surface area contributed by atoms with Crippen LogP contribution in [0.15, 0.2) is 72.1 Å². The fourth-order valence-corrected chi connectivity index (χ4v) is 5.77. The second kappa shape index (κ2) is 11.4. The van der Waals surface area contributed by atoms with Crippen molar-refractivity contribution in [3.05, 3.63) is 88.6 Å². The van der Waals surface area contributed by atoms with Crippen molar-refractivity contribution >= 4 is 21.7 Å². The average molecular weight is 591 g/mol. The number of hydrogen-bond acceptors (Lipinski definition) is 8. The van der Waals surface area contributed by atoms with Crippen LogP contribution in [0.4, 0.5) is 24.8 Å². The Balaban J connectivity index is 2.05. The summed E-state index contributed by atoms with van der Waals surface area (Å²) >= 11 is 0. The van der Waals surface area contributed by atoms with E-state index in [1.165, 1.54) is 0 Å². The second-order valence-corrected chi connectivity index (χ2v) is 11.6. The number of nitrogens with zero attached hydrogens (tertiary/aromatic N) is 8. The topological polar surface area (TPSA) is 128 Å². The van der Waals surface area contributed by atoms with E-state index < -0.39 is 45.7 Å². The van der Waals surface area contributed by atoms with Crippen LogP contribution in [-0.4, -0.2) is 61.5 Å². The molecule has 1 aliphatic rings. The quantitative estimate of drug-likeness (QED) is 0.214. The van der Waals surface area contributed by atoms with Crippen LogP contribution in [0.5, 0.6) is 5.75 Å². The van der Waals surface area contributed by atoms with Crippen LogP contribution in [0.3, 0.4) is 0 Å². The summed E-state index contributed by atoms with van der Waals surface area (Å²) in [7, 11) is -2.66. The number of sulfonamides is 1. The summed E-state index contributed by atoms with van der Waals surface area (Å²) in [4.78, 5) is 14.7. The maximum atomic E-state index is 14.1. The maximum Gasteiger partial charge on any atom is 0.516 e. The minimum absolute atomic E-state index is 0.0103. The first-order valence-electron chi connectivity index (χ1n) is 12.5. The van der Waals surface area contributed by atoms with Gasteiger partial charge in [-0.05, 0) is 44.1 Å². The van der Waals surface area contributed by atoms with Crippen molar-refractivity contribution in [3.8, 4) is 5.75 Å². The van der Waals surface area contributed by atoms with Crippen LogP contribution >= 0.6 is 0 Å². The molecule has 0 bridgehead atoms. The molecule has 4 rings (SSSR count). The molecule has 0 saturated carbocycles. The van der Waals surface area contributed by atoms with Crippen LogP contribution in [-0.2, 0) is 22.3 Å². The normalized spacial score (nSPS) is 21.7. The van der Waals surface area contributed by atoms with Gasteiger partial charge in [0, 0.05) is 31.1 Å². The molecule has 218 valence electrons. The molecule has 1 aliphatic heterocycles. The Hall–Kier alpha value is -4.07. The van der Waals surface area contributed by atoms with Gasteiger partial charge in [0.2, 0.25) is 0 Å². The summed E-state index contributed by atoms with van der Waals surface area (Å²) < 4.78 is 75.0. The van der Waals surface area contributed by atoms with Gasteiger partial charge < -0.3 is 9.64 Å². The number of alkyl halides is 3. The number of halogens is 3. The Labute approximate surface area is 235 Å². The highest BCUT2D eigenvalue weighted by Gasteiger charge is 2.55. The van der Waals surface area contributed by atoms with Crippen LogP contribution in [0, 0.1) is 0 Å². The molecule has 3 aromatic rings. The van der Waals surface area contributed by atoms with Crippen LogP contribution in [0.1, 0.15) is 25.0 Å². The Morgan fingerprint density at radius 1 is 1.15 bits per heavy atom. The predicted octanol–water partition coefficient (Wildman–Crippen LogP) is 5.03. The molecule has 0 unspecified atom stereocenters. The minimum atomic E-state index is -6.00. The highest BCUT2D eigenvalue weighted by atomic mass is 32.2. The number of fused-ring (bicyclic) bond motifs is 1. The van der Waals surface area contributed by atoms with Crippen LogP contribution < -0.4 is 13.9 Å². The molecule has 0 N–H and O–H groups in total. The summed E-state index contributed by atoms with van der Waals surface area (Å²) in [5.41, 5.74) is 2.78. The molecule has 0 amide bonds. The van der Waals surface area contributed by atoms with Gasteiger partial charge in [0.05, 0.1) is 11.6 Å². The SMILES string of the molecule is C[C@@H]1[C@@H](N=[N+]=[N-])CN(S(=O)(=O)C(F)(F)F)c2ncnc(N(C)Cc3ccccc3)c2[C@@](C)(Oc2ccccc2)N1C. The first kappa shape index (κ1) is 29.9. The zero-order valence-corrected chi connectivity index (χ0v) is 23.6. The van der Waals surface area contributed by atoms with E-state index in [1.807, 2.05) is 30.3 Å². The molecule has 2 aromatic carbocycles. The molecule has 0 aliphatic carbocycles. The minimum Gasteiger partial charge on any atom is -0.468 e. The number of likely N-dealkylation sites (N-methyl/N-ethyl adjacent to an activating group) is 1. The molecule has 1 aromatic heterocycles. The Kier molecular flexibility index (Phi) is 8.34. The highest BCUT2D eigenvalue weighted by molar-refractivity contribution is 7.93. The van der Waals surface area contributed by atoms with Crippen molar-refractivity contribution in [2.75, 3.05) is 29.8 Å². The van der Waals surface area contributed by atoms with E-state index in [0.717, 1.165) is 11.9 Å². The molecule has 0 spiro atoms. The lowest BCUT2D eigenvalue weighted by Crippen LogP contribution is -2.59. The number of rotatable bonds is 7. The maximum absolute atomic E-state index is 14.1. The van der Waals surface area contributed by atoms with Crippen LogP contribution in [0.2, 0.25) is 0 Å². The first-order chi connectivity index (χ1) is 19.3.